The summed E-state index contributed by atoms with van der Waals surface area (Å²) < 4.78 is 0. The Balaban J connectivity index is 2.80. The Bertz CT molecular complexity index is 268. The van der Waals surface area contributed by atoms with Crippen molar-refractivity contribution in [3.8, 4) is 0 Å². The molecule has 0 aliphatic rings. The third kappa shape index (κ3) is 2.47. The molecule has 0 radical (unpaired) electrons. The van der Waals surface area contributed by atoms with Crippen LogP contribution in [0, 0.1) is 0 Å². The first-order valence-corrected chi connectivity index (χ1v) is 4.04. The van der Waals surface area contributed by atoms with E-state index < -0.39 is 0 Å². The van der Waals surface area contributed by atoms with E-state index in [1.807, 2.05) is 25.1 Å². The molecule has 0 amide bonds. The van der Waals surface area contributed by atoms with Crippen molar-refractivity contribution in [3.05, 3.63) is 35.7 Å². The number of hydrogen-bond donors (Lipinski definition) is 1. The van der Waals surface area contributed by atoms with Gasteiger partial charge in [0.15, 0.2) is 0 Å². The summed E-state index contributed by atoms with van der Waals surface area (Å²) in [5.41, 5.74) is 2.16. The minimum Gasteiger partial charge on any atom is -0.396 e. The summed E-state index contributed by atoms with van der Waals surface area (Å²) in [6, 6.07) is 2.03. The molecule has 0 fully saturated rings. The second-order valence-corrected chi connectivity index (χ2v) is 2.60. The lowest BCUT2D eigenvalue weighted by atomic mass is 10.1. The Labute approximate surface area is 72.6 Å². The van der Waals surface area contributed by atoms with E-state index in [1.165, 1.54) is 0 Å². The topological polar surface area (TPSA) is 33.1 Å². The number of nitrogens with zero attached hydrogens (tertiary/aromatic N) is 1. The summed E-state index contributed by atoms with van der Waals surface area (Å²) in [6.07, 6.45) is 8.23. The minimum atomic E-state index is 0.182. The summed E-state index contributed by atoms with van der Waals surface area (Å²) in [5, 5.41) is 8.69. The van der Waals surface area contributed by atoms with Crippen LogP contribution in [0.25, 0.3) is 6.08 Å². The molecule has 0 aliphatic heterocycles. The van der Waals surface area contributed by atoms with E-state index in [0.29, 0.717) is 6.42 Å². The summed E-state index contributed by atoms with van der Waals surface area (Å²) in [4.78, 5) is 4.06. The second-order valence-electron chi connectivity index (χ2n) is 2.60. The van der Waals surface area contributed by atoms with Crippen LogP contribution >= 0.6 is 0 Å². The van der Waals surface area contributed by atoms with Gasteiger partial charge in [0, 0.05) is 19.0 Å². The number of rotatable bonds is 3. The number of aromatic nitrogens is 1. The van der Waals surface area contributed by atoms with Crippen molar-refractivity contribution in [2.24, 2.45) is 0 Å². The lowest BCUT2D eigenvalue weighted by Gasteiger charge is -1.98. The highest BCUT2D eigenvalue weighted by molar-refractivity contribution is 5.48. The highest BCUT2D eigenvalue weighted by Gasteiger charge is 1.92. The molecule has 2 nitrogen and oxygen atoms in total. The zero-order valence-electron chi connectivity index (χ0n) is 7.20. The van der Waals surface area contributed by atoms with Gasteiger partial charge in [-0.3, -0.25) is 4.98 Å². The fourth-order valence-corrected chi connectivity index (χ4v) is 1.06. The van der Waals surface area contributed by atoms with Crippen LogP contribution in [0.15, 0.2) is 24.5 Å². The van der Waals surface area contributed by atoms with Crippen LogP contribution in [0.1, 0.15) is 18.1 Å². The molecule has 0 aliphatic carbocycles. The molecular formula is C10H13NO. The van der Waals surface area contributed by atoms with Crippen molar-refractivity contribution >= 4 is 6.08 Å². The Hall–Kier alpha value is -1.15. The lowest BCUT2D eigenvalue weighted by Crippen LogP contribution is -1.91. The monoisotopic (exact) mass is 163 g/mol. The van der Waals surface area contributed by atoms with Gasteiger partial charge in [-0.25, -0.2) is 0 Å². The molecular weight excluding hydrogens is 150 g/mol. The zero-order chi connectivity index (χ0) is 8.81. The normalized spacial score (nSPS) is 10.8. The molecule has 0 bridgehead atoms. The molecule has 1 heterocycles. The number of aliphatic hydroxyl groups is 1. The maximum Gasteiger partial charge on any atom is 0.0472 e. The first kappa shape index (κ1) is 8.94. The van der Waals surface area contributed by atoms with Crippen LogP contribution in [0.5, 0.6) is 0 Å². The predicted octanol–water partition coefficient (Wildman–Crippen LogP) is 1.65. The smallest absolute Gasteiger partial charge is 0.0472 e. The van der Waals surface area contributed by atoms with Crippen molar-refractivity contribution in [2.45, 2.75) is 13.3 Å². The van der Waals surface area contributed by atoms with Gasteiger partial charge in [0.25, 0.3) is 0 Å². The SMILES string of the molecule is C/C=C/c1cncc(CCO)c1. The molecule has 1 rings (SSSR count). The minimum absolute atomic E-state index is 0.182. The average Bonchev–Trinajstić information content (AvgIpc) is 2.06. The van der Waals surface area contributed by atoms with Crippen molar-refractivity contribution < 1.29 is 5.11 Å². The molecule has 1 aromatic heterocycles. The van der Waals surface area contributed by atoms with Gasteiger partial charge in [0.1, 0.15) is 0 Å². The molecule has 0 atom stereocenters. The largest absolute Gasteiger partial charge is 0.396 e. The van der Waals surface area contributed by atoms with Crippen LogP contribution < -0.4 is 0 Å². The van der Waals surface area contributed by atoms with Gasteiger partial charge < -0.3 is 5.11 Å². The Kier molecular flexibility index (Phi) is 3.48. The van der Waals surface area contributed by atoms with Crippen molar-refractivity contribution in [3.63, 3.8) is 0 Å². The molecule has 0 saturated heterocycles. The van der Waals surface area contributed by atoms with Gasteiger partial charge in [-0.05, 0) is 30.5 Å². The third-order valence-corrected chi connectivity index (χ3v) is 1.58. The lowest BCUT2D eigenvalue weighted by molar-refractivity contribution is 0.299. The van der Waals surface area contributed by atoms with E-state index in [4.69, 9.17) is 5.11 Å². The summed E-state index contributed by atoms with van der Waals surface area (Å²) >= 11 is 0. The van der Waals surface area contributed by atoms with Gasteiger partial charge >= 0.3 is 0 Å². The first-order chi connectivity index (χ1) is 5.86. The van der Waals surface area contributed by atoms with Crippen molar-refractivity contribution in [2.75, 3.05) is 6.61 Å². The van der Waals surface area contributed by atoms with Crippen LogP contribution in [-0.2, 0) is 6.42 Å². The van der Waals surface area contributed by atoms with Crippen LogP contribution in [0.3, 0.4) is 0 Å². The number of aliphatic hydroxyl groups excluding tert-OH is 1. The highest BCUT2D eigenvalue weighted by atomic mass is 16.2. The summed E-state index contributed by atoms with van der Waals surface area (Å²) in [6.45, 7) is 2.15. The van der Waals surface area contributed by atoms with E-state index in [0.717, 1.165) is 11.1 Å². The molecule has 0 saturated carbocycles. The second kappa shape index (κ2) is 4.67. The molecule has 1 aromatic rings. The maximum absolute atomic E-state index is 8.69. The van der Waals surface area contributed by atoms with Gasteiger partial charge in [0.05, 0.1) is 0 Å². The molecule has 12 heavy (non-hydrogen) atoms. The highest BCUT2D eigenvalue weighted by Crippen LogP contribution is 2.04. The van der Waals surface area contributed by atoms with E-state index in [9.17, 15) is 0 Å². The van der Waals surface area contributed by atoms with Crippen LogP contribution in [0.4, 0.5) is 0 Å². The zero-order valence-corrected chi connectivity index (χ0v) is 7.20. The molecule has 1 N–H and O–H groups in total. The van der Waals surface area contributed by atoms with Gasteiger partial charge in [-0.1, -0.05) is 12.2 Å². The van der Waals surface area contributed by atoms with E-state index in [2.05, 4.69) is 4.98 Å². The molecule has 2 heteroatoms. The standard InChI is InChI=1S/C10H13NO/c1-2-3-9-6-10(4-5-12)8-11-7-9/h2-3,6-8,12H,4-5H2,1H3/b3-2+. The molecule has 64 valence electrons. The van der Waals surface area contributed by atoms with E-state index in [-0.39, 0.29) is 6.61 Å². The summed E-state index contributed by atoms with van der Waals surface area (Å²) in [5.74, 6) is 0. The fraction of sp³-hybridized carbons (Fsp3) is 0.300. The van der Waals surface area contributed by atoms with Crippen molar-refractivity contribution in [1.29, 1.82) is 0 Å². The third-order valence-electron chi connectivity index (χ3n) is 1.58. The van der Waals surface area contributed by atoms with Crippen LogP contribution in [-0.4, -0.2) is 16.7 Å². The Morgan fingerprint density at radius 1 is 1.50 bits per heavy atom. The average molecular weight is 163 g/mol. The molecule has 0 aromatic carbocycles. The number of pyridine rings is 1. The van der Waals surface area contributed by atoms with E-state index >= 15 is 0 Å². The van der Waals surface area contributed by atoms with Gasteiger partial charge in [-0.2, -0.15) is 0 Å². The first-order valence-electron chi connectivity index (χ1n) is 4.04. The maximum atomic E-state index is 8.69. The fourth-order valence-electron chi connectivity index (χ4n) is 1.06. The Morgan fingerprint density at radius 3 is 3.00 bits per heavy atom. The summed E-state index contributed by atoms with van der Waals surface area (Å²) in [7, 11) is 0. The molecule has 0 spiro atoms. The Morgan fingerprint density at radius 2 is 2.33 bits per heavy atom. The molecule has 0 unspecified atom stereocenters. The quantitative estimate of drug-likeness (QED) is 0.735. The van der Waals surface area contributed by atoms with Gasteiger partial charge in [0.2, 0.25) is 0 Å². The van der Waals surface area contributed by atoms with Crippen molar-refractivity contribution in [1.82, 2.24) is 4.98 Å². The van der Waals surface area contributed by atoms with E-state index in [1.54, 1.807) is 12.4 Å². The van der Waals surface area contributed by atoms with Crippen LogP contribution in [0.2, 0.25) is 0 Å². The number of hydrogen-bond acceptors (Lipinski definition) is 2. The number of allylic oxidation sites excluding steroid dienone is 1. The predicted molar refractivity (Wildman–Crippen MR) is 49.7 cm³/mol. The van der Waals surface area contributed by atoms with Gasteiger partial charge in [-0.15, -0.1) is 0 Å².